The third-order valence-electron chi connectivity index (χ3n) is 6.08. The first-order valence-corrected chi connectivity index (χ1v) is 9.47. The van der Waals surface area contributed by atoms with Crippen LogP contribution < -0.4 is 10.6 Å². The van der Waals surface area contributed by atoms with Gasteiger partial charge in [-0.15, -0.1) is 0 Å². The molecule has 1 spiro atoms. The monoisotopic (exact) mass is 364 g/mol. The molecule has 3 fully saturated rings. The Labute approximate surface area is 152 Å². The van der Waals surface area contributed by atoms with Crippen molar-refractivity contribution in [3.63, 3.8) is 0 Å². The lowest BCUT2D eigenvalue weighted by atomic mass is 9.59. The molecule has 1 atom stereocenters. The van der Waals surface area contributed by atoms with Crippen molar-refractivity contribution in [1.82, 2.24) is 5.32 Å². The number of esters is 1. The molecule has 1 aromatic carbocycles. The third kappa shape index (κ3) is 3.56. The first-order valence-electron chi connectivity index (χ1n) is 9.47. The van der Waals surface area contributed by atoms with E-state index in [4.69, 9.17) is 4.74 Å². The Hall–Kier alpha value is -1.69. The summed E-state index contributed by atoms with van der Waals surface area (Å²) in [5.41, 5.74) is 2.25. The minimum atomic E-state index is -2.50. The molecule has 3 aliphatic rings. The van der Waals surface area contributed by atoms with E-state index >= 15 is 0 Å². The summed E-state index contributed by atoms with van der Waals surface area (Å²) in [7, 11) is 1.37. The van der Waals surface area contributed by atoms with Gasteiger partial charge in [-0.05, 0) is 61.3 Å². The van der Waals surface area contributed by atoms with Gasteiger partial charge < -0.3 is 15.4 Å². The highest BCUT2D eigenvalue weighted by Gasteiger charge is 2.57. The SMILES string of the molecule is COC(=O)c1ccc(C2CC3(CCN2)CC(F)(F)C3)c(NCC2CC2)c1. The van der Waals surface area contributed by atoms with Crippen molar-refractivity contribution < 1.29 is 18.3 Å². The quantitative estimate of drug-likeness (QED) is 0.771. The second-order valence-electron chi connectivity index (χ2n) is 8.29. The van der Waals surface area contributed by atoms with Crippen molar-refractivity contribution in [2.75, 3.05) is 25.5 Å². The van der Waals surface area contributed by atoms with Gasteiger partial charge in [0.25, 0.3) is 0 Å². The average Bonchev–Trinajstić information content (AvgIpc) is 3.41. The molecule has 2 aliphatic carbocycles. The topological polar surface area (TPSA) is 50.4 Å². The molecule has 142 valence electrons. The van der Waals surface area contributed by atoms with Crippen LogP contribution in [0.5, 0.6) is 0 Å². The maximum atomic E-state index is 13.5. The number of methoxy groups -OCH3 is 1. The zero-order chi connectivity index (χ0) is 18.4. The number of hydrogen-bond acceptors (Lipinski definition) is 4. The Morgan fingerprint density at radius 3 is 2.77 bits per heavy atom. The summed E-state index contributed by atoms with van der Waals surface area (Å²) in [6.07, 6.45) is 4.01. The summed E-state index contributed by atoms with van der Waals surface area (Å²) in [6, 6.07) is 5.58. The minimum absolute atomic E-state index is 0.00323. The molecule has 6 heteroatoms. The van der Waals surface area contributed by atoms with Crippen molar-refractivity contribution in [1.29, 1.82) is 0 Å². The highest BCUT2D eigenvalue weighted by Crippen LogP contribution is 2.59. The Kier molecular flexibility index (Phi) is 4.41. The highest BCUT2D eigenvalue weighted by molar-refractivity contribution is 5.90. The van der Waals surface area contributed by atoms with E-state index in [0.717, 1.165) is 37.2 Å². The number of nitrogens with one attached hydrogen (secondary N) is 2. The Morgan fingerprint density at radius 1 is 1.35 bits per heavy atom. The minimum Gasteiger partial charge on any atom is -0.465 e. The lowest BCUT2D eigenvalue weighted by Gasteiger charge is -2.52. The van der Waals surface area contributed by atoms with Crippen LogP contribution in [0, 0.1) is 11.3 Å². The second kappa shape index (κ2) is 6.48. The van der Waals surface area contributed by atoms with Gasteiger partial charge in [-0.2, -0.15) is 0 Å². The first kappa shape index (κ1) is 17.7. The van der Waals surface area contributed by atoms with Crippen molar-refractivity contribution in [2.24, 2.45) is 11.3 Å². The summed E-state index contributed by atoms with van der Waals surface area (Å²) in [6.45, 7) is 1.63. The maximum absolute atomic E-state index is 13.5. The summed E-state index contributed by atoms with van der Waals surface area (Å²) in [5.74, 6) is -2.16. The molecular weight excluding hydrogens is 338 g/mol. The van der Waals surface area contributed by atoms with Crippen LogP contribution in [-0.2, 0) is 4.74 Å². The fourth-order valence-corrected chi connectivity index (χ4v) is 4.54. The molecule has 0 aromatic heterocycles. The molecule has 1 unspecified atom stereocenters. The number of alkyl halides is 2. The number of benzene rings is 1. The van der Waals surface area contributed by atoms with Crippen LogP contribution in [-0.4, -0.2) is 32.1 Å². The fourth-order valence-electron chi connectivity index (χ4n) is 4.54. The van der Waals surface area contributed by atoms with Gasteiger partial charge in [0.2, 0.25) is 5.92 Å². The van der Waals surface area contributed by atoms with E-state index in [1.165, 1.54) is 20.0 Å². The lowest BCUT2D eigenvalue weighted by molar-refractivity contribution is -0.174. The molecule has 0 radical (unpaired) electrons. The first-order chi connectivity index (χ1) is 12.4. The number of piperidine rings is 1. The number of rotatable bonds is 5. The lowest BCUT2D eigenvalue weighted by Crippen LogP contribution is -2.52. The molecule has 2 N–H and O–H groups in total. The van der Waals surface area contributed by atoms with Crippen LogP contribution in [0.25, 0.3) is 0 Å². The Bertz CT molecular complexity index is 695. The summed E-state index contributed by atoms with van der Waals surface area (Å²) < 4.78 is 31.8. The molecule has 1 heterocycles. The molecule has 4 nitrogen and oxygen atoms in total. The van der Waals surface area contributed by atoms with Crippen molar-refractivity contribution >= 4 is 11.7 Å². The standard InChI is InChI=1S/C20H26F2N2O2/c1-26-18(25)14-4-5-15(16(8-14)24-10-13-2-3-13)17-9-19(6-7-23-17)11-20(21,22)12-19/h4-5,8,13,17,23-24H,2-3,6-7,9-12H2,1H3. The van der Waals surface area contributed by atoms with Crippen LogP contribution in [0.4, 0.5) is 14.5 Å². The van der Waals surface area contributed by atoms with Gasteiger partial charge in [-0.1, -0.05) is 6.07 Å². The van der Waals surface area contributed by atoms with Crippen molar-refractivity contribution in [3.05, 3.63) is 29.3 Å². The summed E-state index contributed by atoms with van der Waals surface area (Å²) in [5, 5.41) is 6.97. The van der Waals surface area contributed by atoms with Crippen molar-refractivity contribution in [3.8, 4) is 0 Å². The zero-order valence-electron chi connectivity index (χ0n) is 15.1. The van der Waals surface area contributed by atoms with Crippen LogP contribution >= 0.6 is 0 Å². The predicted octanol–water partition coefficient (Wildman–Crippen LogP) is 4.14. The summed E-state index contributed by atoms with van der Waals surface area (Å²) in [4.78, 5) is 11.9. The molecule has 1 aromatic rings. The zero-order valence-corrected chi connectivity index (χ0v) is 15.1. The summed E-state index contributed by atoms with van der Waals surface area (Å²) >= 11 is 0. The van der Waals surface area contributed by atoms with E-state index in [2.05, 4.69) is 10.6 Å². The van der Waals surface area contributed by atoms with Gasteiger partial charge in [0.05, 0.1) is 12.7 Å². The molecular formula is C20H26F2N2O2. The predicted molar refractivity (Wildman–Crippen MR) is 95.6 cm³/mol. The van der Waals surface area contributed by atoms with E-state index in [9.17, 15) is 13.6 Å². The number of ether oxygens (including phenoxy) is 1. The number of hydrogen-bond donors (Lipinski definition) is 2. The average molecular weight is 364 g/mol. The number of carbonyl (C=O) groups is 1. The highest BCUT2D eigenvalue weighted by atomic mass is 19.3. The maximum Gasteiger partial charge on any atom is 0.337 e. The smallest absolute Gasteiger partial charge is 0.337 e. The molecule has 0 bridgehead atoms. The van der Waals surface area contributed by atoms with E-state index in [1.807, 2.05) is 12.1 Å². The normalized spacial score (nSPS) is 26.2. The van der Waals surface area contributed by atoms with Gasteiger partial charge >= 0.3 is 5.97 Å². The van der Waals surface area contributed by atoms with Crippen LogP contribution in [0.2, 0.25) is 0 Å². The Balaban J connectivity index is 1.56. The van der Waals surface area contributed by atoms with Gasteiger partial charge in [0, 0.05) is 31.1 Å². The van der Waals surface area contributed by atoms with Crippen LogP contribution in [0.1, 0.15) is 60.5 Å². The van der Waals surface area contributed by atoms with Gasteiger partial charge in [-0.25, -0.2) is 13.6 Å². The number of carbonyl (C=O) groups excluding carboxylic acids is 1. The molecule has 26 heavy (non-hydrogen) atoms. The van der Waals surface area contributed by atoms with E-state index < -0.39 is 5.92 Å². The molecule has 0 amide bonds. The van der Waals surface area contributed by atoms with E-state index in [1.54, 1.807) is 6.07 Å². The van der Waals surface area contributed by atoms with E-state index in [-0.39, 0.29) is 30.3 Å². The van der Waals surface area contributed by atoms with Crippen LogP contribution in [0.15, 0.2) is 18.2 Å². The molecule has 2 saturated carbocycles. The van der Waals surface area contributed by atoms with Crippen molar-refractivity contribution in [2.45, 2.75) is 50.5 Å². The second-order valence-corrected chi connectivity index (χ2v) is 8.29. The third-order valence-corrected chi connectivity index (χ3v) is 6.08. The molecule has 1 saturated heterocycles. The Morgan fingerprint density at radius 2 is 2.12 bits per heavy atom. The van der Waals surface area contributed by atoms with Gasteiger partial charge in [0.15, 0.2) is 0 Å². The van der Waals surface area contributed by atoms with E-state index in [0.29, 0.717) is 11.5 Å². The fraction of sp³-hybridized carbons (Fsp3) is 0.650. The number of anilines is 1. The van der Waals surface area contributed by atoms with Gasteiger partial charge in [-0.3, -0.25) is 0 Å². The largest absolute Gasteiger partial charge is 0.465 e. The number of halogens is 2. The molecule has 1 aliphatic heterocycles. The van der Waals surface area contributed by atoms with Crippen LogP contribution in [0.3, 0.4) is 0 Å². The van der Waals surface area contributed by atoms with Gasteiger partial charge in [0.1, 0.15) is 0 Å². The molecule has 4 rings (SSSR count).